The molecule has 1 fully saturated rings. The fraction of sp³-hybridized carbons (Fsp3) is 0.600. The maximum Gasteiger partial charge on any atom is 0.161 e. The van der Waals surface area contributed by atoms with Crippen molar-refractivity contribution >= 4 is 0 Å². The second-order valence-electron chi connectivity index (χ2n) is 6.08. The fourth-order valence-electron chi connectivity index (χ4n) is 2.74. The van der Waals surface area contributed by atoms with Gasteiger partial charge in [-0.2, -0.15) is 0 Å². The fourth-order valence-corrected chi connectivity index (χ4v) is 2.74. The van der Waals surface area contributed by atoms with E-state index in [1.807, 2.05) is 6.07 Å². The Balaban J connectivity index is 1.83. The minimum Gasteiger partial charge on any atom is -0.490 e. The third-order valence-electron chi connectivity index (χ3n) is 4.18. The van der Waals surface area contributed by atoms with Crippen LogP contribution < -0.4 is 15.2 Å². The predicted octanol–water partition coefficient (Wildman–Crippen LogP) is 2.89. The van der Waals surface area contributed by atoms with Gasteiger partial charge in [-0.05, 0) is 35.4 Å². The Hall–Kier alpha value is -1.22. The van der Waals surface area contributed by atoms with E-state index in [1.54, 1.807) is 0 Å². The average Bonchev–Trinajstić information content (AvgIpc) is 3.04. The Morgan fingerprint density at radius 3 is 2.56 bits per heavy atom. The normalized spacial score (nSPS) is 26.3. The smallest absolute Gasteiger partial charge is 0.161 e. The van der Waals surface area contributed by atoms with E-state index in [9.17, 15) is 0 Å². The van der Waals surface area contributed by atoms with Gasteiger partial charge in [0, 0.05) is 12.5 Å². The van der Waals surface area contributed by atoms with Crippen molar-refractivity contribution in [2.24, 2.45) is 17.1 Å². The van der Waals surface area contributed by atoms with Crippen molar-refractivity contribution in [1.29, 1.82) is 0 Å². The molecule has 2 atom stereocenters. The Labute approximate surface area is 108 Å². The molecule has 0 saturated heterocycles. The molecule has 0 radical (unpaired) electrons. The number of rotatable bonds is 2. The van der Waals surface area contributed by atoms with Crippen LogP contribution in [0.25, 0.3) is 0 Å². The Kier molecular flexibility index (Phi) is 2.74. The maximum atomic E-state index is 6.35. The molecule has 1 heterocycles. The highest BCUT2D eigenvalue weighted by Gasteiger charge is 2.49. The molecule has 0 bridgehead atoms. The van der Waals surface area contributed by atoms with Crippen LogP contribution >= 0.6 is 0 Å². The molecular formula is C15H21NO2. The third-order valence-corrected chi connectivity index (χ3v) is 4.18. The highest BCUT2D eigenvalue weighted by molar-refractivity contribution is 5.44. The van der Waals surface area contributed by atoms with Gasteiger partial charge >= 0.3 is 0 Å². The largest absolute Gasteiger partial charge is 0.490 e. The van der Waals surface area contributed by atoms with Crippen LogP contribution in [0.15, 0.2) is 18.2 Å². The molecule has 18 heavy (non-hydrogen) atoms. The third kappa shape index (κ3) is 2.07. The molecule has 1 aromatic rings. The lowest BCUT2D eigenvalue weighted by Crippen LogP contribution is -2.15. The second-order valence-corrected chi connectivity index (χ2v) is 6.08. The summed E-state index contributed by atoms with van der Waals surface area (Å²) in [4.78, 5) is 0. The summed E-state index contributed by atoms with van der Waals surface area (Å²) in [5.74, 6) is 2.28. The number of hydrogen-bond donors (Lipinski definition) is 1. The second kappa shape index (κ2) is 4.16. The first-order chi connectivity index (χ1) is 8.58. The summed E-state index contributed by atoms with van der Waals surface area (Å²) in [6.07, 6.45) is 2.15. The van der Waals surface area contributed by atoms with Crippen LogP contribution in [0.2, 0.25) is 0 Å². The van der Waals surface area contributed by atoms with E-state index in [2.05, 4.69) is 26.0 Å². The standard InChI is InChI=1S/C15H21NO2/c1-15(2)9-11(15)14(16)10-4-5-12-13(8-10)18-7-3-6-17-12/h4-5,8,11,14H,3,6-7,9,16H2,1-2H3. The maximum absolute atomic E-state index is 6.35. The molecule has 1 aliphatic carbocycles. The molecule has 2 aliphatic rings. The average molecular weight is 247 g/mol. The first-order valence-corrected chi connectivity index (χ1v) is 6.73. The van der Waals surface area contributed by atoms with Gasteiger partial charge in [0.25, 0.3) is 0 Å². The molecule has 3 heteroatoms. The zero-order chi connectivity index (χ0) is 12.8. The highest BCUT2D eigenvalue weighted by Crippen LogP contribution is 2.57. The van der Waals surface area contributed by atoms with Gasteiger partial charge in [-0.25, -0.2) is 0 Å². The van der Waals surface area contributed by atoms with Crippen molar-refractivity contribution < 1.29 is 9.47 Å². The summed E-state index contributed by atoms with van der Waals surface area (Å²) in [5.41, 5.74) is 7.91. The van der Waals surface area contributed by atoms with E-state index in [0.717, 1.165) is 36.7 Å². The molecule has 0 spiro atoms. The molecule has 1 aliphatic heterocycles. The number of fused-ring (bicyclic) bond motifs is 1. The Bertz CT molecular complexity index is 456. The molecule has 0 amide bonds. The van der Waals surface area contributed by atoms with Crippen LogP contribution in [0.4, 0.5) is 0 Å². The van der Waals surface area contributed by atoms with E-state index in [1.165, 1.54) is 6.42 Å². The van der Waals surface area contributed by atoms with Crippen molar-refractivity contribution in [3.63, 3.8) is 0 Å². The molecule has 2 N–H and O–H groups in total. The minimum atomic E-state index is 0.108. The van der Waals surface area contributed by atoms with E-state index >= 15 is 0 Å². The van der Waals surface area contributed by atoms with Crippen LogP contribution in [0, 0.1) is 11.3 Å². The lowest BCUT2D eigenvalue weighted by molar-refractivity contribution is 0.297. The highest BCUT2D eigenvalue weighted by atomic mass is 16.5. The topological polar surface area (TPSA) is 44.5 Å². The van der Waals surface area contributed by atoms with Crippen LogP contribution in [0.3, 0.4) is 0 Å². The monoisotopic (exact) mass is 247 g/mol. The molecule has 1 aromatic carbocycles. The van der Waals surface area contributed by atoms with Crippen LogP contribution in [-0.4, -0.2) is 13.2 Å². The predicted molar refractivity (Wildman–Crippen MR) is 70.9 cm³/mol. The molecule has 3 nitrogen and oxygen atoms in total. The van der Waals surface area contributed by atoms with Gasteiger partial charge < -0.3 is 15.2 Å². The SMILES string of the molecule is CC1(C)CC1C(N)c1ccc2c(c1)OCCCO2. The molecular weight excluding hydrogens is 226 g/mol. The van der Waals surface area contributed by atoms with Gasteiger partial charge in [0.05, 0.1) is 13.2 Å². The first kappa shape index (κ1) is 11.8. The van der Waals surface area contributed by atoms with Crippen molar-refractivity contribution in [3.05, 3.63) is 23.8 Å². The van der Waals surface area contributed by atoms with E-state index in [0.29, 0.717) is 11.3 Å². The van der Waals surface area contributed by atoms with Crippen molar-refractivity contribution in [2.45, 2.75) is 32.7 Å². The number of hydrogen-bond acceptors (Lipinski definition) is 3. The summed E-state index contributed by atoms with van der Waals surface area (Å²) < 4.78 is 11.3. The van der Waals surface area contributed by atoms with Gasteiger partial charge in [-0.3, -0.25) is 0 Å². The molecule has 98 valence electrons. The van der Waals surface area contributed by atoms with Crippen molar-refractivity contribution in [3.8, 4) is 11.5 Å². The molecule has 0 aromatic heterocycles. The van der Waals surface area contributed by atoms with Crippen LogP contribution in [0.1, 0.15) is 38.3 Å². The van der Waals surface area contributed by atoms with Gasteiger partial charge in [0.15, 0.2) is 11.5 Å². The summed E-state index contributed by atoms with van der Waals surface area (Å²) >= 11 is 0. The van der Waals surface area contributed by atoms with E-state index < -0.39 is 0 Å². The first-order valence-electron chi connectivity index (χ1n) is 6.73. The van der Waals surface area contributed by atoms with Crippen molar-refractivity contribution in [1.82, 2.24) is 0 Å². The van der Waals surface area contributed by atoms with Crippen LogP contribution in [0.5, 0.6) is 11.5 Å². The lowest BCUT2D eigenvalue weighted by Gasteiger charge is -2.16. The number of benzene rings is 1. The zero-order valence-corrected chi connectivity index (χ0v) is 11.1. The van der Waals surface area contributed by atoms with E-state index in [4.69, 9.17) is 15.2 Å². The molecule has 1 saturated carbocycles. The Morgan fingerprint density at radius 1 is 1.22 bits per heavy atom. The lowest BCUT2D eigenvalue weighted by atomic mass is 9.97. The van der Waals surface area contributed by atoms with Gasteiger partial charge in [-0.1, -0.05) is 19.9 Å². The quantitative estimate of drug-likeness (QED) is 0.874. The molecule has 2 unspecified atom stereocenters. The van der Waals surface area contributed by atoms with Gasteiger partial charge in [-0.15, -0.1) is 0 Å². The van der Waals surface area contributed by atoms with Crippen molar-refractivity contribution in [2.75, 3.05) is 13.2 Å². The Morgan fingerprint density at radius 2 is 1.89 bits per heavy atom. The van der Waals surface area contributed by atoms with E-state index in [-0.39, 0.29) is 6.04 Å². The van der Waals surface area contributed by atoms with Crippen LogP contribution in [-0.2, 0) is 0 Å². The van der Waals surface area contributed by atoms with Gasteiger partial charge in [0.2, 0.25) is 0 Å². The summed E-state index contributed by atoms with van der Waals surface area (Å²) in [6, 6.07) is 6.23. The summed E-state index contributed by atoms with van der Waals surface area (Å²) in [6.45, 7) is 6.01. The minimum absolute atomic E-state index is 0.108. The van der Waals surface area contributed by atoms with Gasteiger partial charge in [0.1, 0.15) is 0 Å². The molecule has 3 rings (SSSR count). The number of nitrogens with two attached hydrogens (primary N) is 1. The number of ether oxygens (including phenoxy) is 2. The summed E-state index contributed by atoms with van der Waals surface area (Å²) in [5, 5.41) is 0. The summed E-state index contributed by atoms with van der Waals surface area (Å²) in [7, 11) is 0. The zero-order valence-electron chi connectivity index (χ0n) is 11.1.